The predicted molar refractivity (Wildman–Crippen MR) is 96.0 cm³/mol. The van der Waals surface area contributed by atoms with Crippen molar-refractivity contribution in [3.8, 4) is 11.5 Å². The molecule has 25 heavy (non-hydrogen) atoms. The van der Waals surface area contributed by atoms with Crippen molar-refractivity contribution in [1.82, 2.24) is 10.2 Å². The van der Waals surface area contributed by atoms with Gasteiger partial charge < -0.3 is 19.2 Å². The van der Waals surface area contributed by atoms with E-state index in [2.05, 4.69) is 5.32 Å². The van der Waals surface area contributed by atoms with Crippen LogP contribution >= 0.6 is 0 Å². The lowest BCUT2D eigenvalue weighted by atomic mass is 10.1. The maximum Gasteiger partial charge on any atom is 0.220 e. The van der Waals surface area contributed by atoms with Crippen molar-refractivity contribution in [2.45, 2.75) is 18.9 Å². The third-order valence-electron chi connectivity index (χ3n) is 4.10. The van der Waals surface area contributed by atoms with Crippen LogP contribution in [0, 0.1) is 0 Å². The highest BCUT2D eigenvalue weighted by Gasteiger charge is 2.18. The number of ether oxygens (including phenoxy) is 2. The summed E-state index contributed by atoms with van der Waals surface area (Å²) in [5.74, 6) is 2.33. The van der Waals surface area contributed by atoms with Crippen molar-refractivity contribution in [2.75, 3.05) is 34.9 Å². The molecule has 0 spiro atoms. The molecule has 0 aliphatic rings. The molecule has 1 unspecified atom stereocenters. The second-order valence-corrected chi connectivity index (χ2v) is 5.98. The van der Waals surface area contributed by atoms with Gasteiger partial charge in [-0.2, -0.15) is 0 Å². The van der Waals surface area contributed by atoms with E-state index in [-0.39, 0.29) is 11.9 Å². The van der Waals surface area contributed by atoms with Crippen LogP contribution in [0.25, 0.3) is 0 Å². The number of nitrogens with zero attached hydrogens (tertiary/aromatic N) is 1. The van der Waals surface area contributed by atoms with Gasteiger partial charge in [0.25, 0.3) is 0 Å². The zero-order valence-electron chi connectivity index (χ0n) is 15.2. The van der Waals surface area contributed by atoms with Crippen molar-refractivity contribution in [1.29, 1.82) is 0 Å². The minimum absolute atomic E-state index is 0.00491. The van der Waals surface area contributed by atoms with Gasteiger partial charge in [0.1, 0.15) is 17.3 Å². The first-order valence-electron chi connectivity index (χ1n) is 8.22. The number of amides is 1. The Morgan fingerprint density at radius 2 is 2.04 bits per heavy atom. The summed E-state index contributed by atoms with van der Waals surface area (Å²) in [6.07, 6.45) is 2.60. The molecule has 1 amide bonds. The monoisotopic (exact) mass is 346 g/mol. The van der Waals surface area contributed by atoms with Crippen LogP contribution < -0.4 is 14.8 Å². The first kappa shape index (κ1) is 18.9. The fourth-order valence-electron chi connectivity index (χ4n) is 2.64. The number of rotatable bonds is 9. The molecule has 0 bridgehead atoms. The average Bonchev–Trinajstić information content (AvgIpc) is 3.13. The Morgan fingerprint density at radius 1 is 1.24 bits per heavy atom. The maximum atomic E-state index is 12.2. The summed E-state index contributed by atoms with van der Waals surface area (Å²) in [6, 6.07) is 9.36. The Bertz CT molecular complexity index is 668. The number of nitrogens with one attached hydrogen (secondary N) is 1. The van der Waals surface area contributed by atoms with Gasteiger partial charge in [0.05, 0.1) is 26.5 Å². The van der Waals surface area contributed by atoms with Crippen molar-refractivity contribution in [3.63, 3.8) is 0 Å². The summed E-state index contributed by atoms with van der Waals surface area (Å²) < 4.78 is 16.0. The highest BCUT2D eigenvalue weighted by Crippen LogP contribution is 2.25. The van der Waals surface area contributed by atoms with Gasteiger partial charge in [-0.3, -0.25) is 9.69 Å². The molecular formula is C19H26N2O4. The van der Waals surface area contributed by atoms with Gasteiger partial charge >= 0.3 is 0 Å². The Balaban J connectivity index is 1.90. The molecule has 2 rings (SSSR count). The fraction of sp³-hybridized carbons (Fsp3) is 0.421. The fourth-order valence-corrected chi connectivity index (χ4v) is 2.64. The molecule has 2 aromatic rings. The standard InChI is InChI=1S/C19H26N2O4/c1-21(2)16(18-6-5-11-25-18)13-20-19(22)10-7-14-12-15(23-3)8-9-17(14)24-4/h5-6,8-9,11-12,16H,7,10,13H2,1-4H3,(H,20,22). The Morgan fingerprint density at radius 3 is 2.64 bits per heavy atom. The van der Waals surface area contributed by atoms with E-state index in [1.807, 2.05) is 49.3 Å². The summed E-state index contributed by atoms with van der Waals surface area (Å²) in [4.78, 5) is 14.3. The molecule has 6 nitrogen and oxygen atoms in total. The third-order valence-corrected chi connectivity index (χ3v) is 4.10. The Hall–Kier alpha value is -2.47. The molecule has 0 radical (unpaired) electrons. The average molecular weight is 346 g/mol. The number of likely N-dealkylation sites (N-methyl/N-ethyl adjacent to an activating group) is 1. The molecule has 1 N–H and O–H groups in total. The zero-order chi connectivity index (χ0) is 18.2. The molecule has 136 valence electrons. The summed E-state index contributed by atoms with van der Waals surface area (Å²) in [5.41, 5.74) is 0.951. The first-order valence-corrected chi connectivity index (χ1v) is 8.22. The van der Waals surface area contributed by atoms with Crippen LogP contribution in [0.1, 0.15) is 23.8 Å². The molecule has 1 aromatic carbocycles. The molecule has 6 heteroatoms. The van der Waals surface area contributed by atoms with E-state index in [4.69, 9.17) is 13.9 Å². The lowest BCUT2D eigenvalue weighted by molar-refractivity contribution is -0.121. The van der Waals surface area contributed by atoms with E-state index in [0.717, 1.165) is 22.8 Å². The molecule has 1 aromatic heterocycles. The quantitative estimate of drug-likeness (QED) is 0.756. The number of hydrogen-bond acceptors (Lipinski definition) is 5. The zero-order valence-corrected chi connectivity index (χ0v) is 15.2. The van der Waals surface area contributed by atoms with E-state index in [1.165, 1.54) is 0 Å². The predicted octanol–water partition coefficient (Wildman–Crippen LogP) is 2.65. The lowest BCUT2D eigenvalue weighted by Crippen LogP contribution is -2.34. The van der Waals surface area contributed by atoms with Crippen molar-refractivity contribution >= 4 is 5.91 Å². The van der Waals surface area contributed by atoms with Crippen LogP contribution in [0.5, 0.6) is 11.5 Å². The summed E-state index contributed by atoms with van der Waals surface area (Å²) >= 11 is 0. The highest BCUT2D eigenvalue weighted by atomic mass is 16.5. The highest BCUT2D eigenvalue weighted by molar-refractivity contribution is 5.76. The van der Waals surface area contributed by atoms with Crippen molar-refractivity contribution in [3.05, 3.63) is 47.9 Å². The Kier molecular flexibility index (Phi) is 6.89. The van der Waals surface area contributed by atoms with E-state index in [0.29, 0.717) is 19.4 Å². The molecule has 1 heterocycles. The van der Waals surface area contributed by atoms with Gasteiger partial charge in [0.15, 0.2) is 0 Å². The minimum atomic E-state index is -0.0109. The van der Waals surface area contributed by atoms with Crippen LogP contribution in [-0.4, -0.2) is 45.7 Å². The Labute approximate surface area is 148 Å². The smallest absolute Gasteiger partial charge is 0.220 e. The van der Waals surface area contributed by atoms with Gasteiger partial charge in [-0.1, -0.05) is 0 Å². The number of benzene rings is 1. The van der Waals surface area contributed by atoms with Crippen LogP contribution in [0.2, 0.25) is 0 Å². The number of furan rings is 1. The molecular weight excluding hydrogens is 320 g/mol. The van der Waals surface area contributed by atoms with Crippen LogP contribution in [0.15, 0.2) is 41.0 Å². The second-order valence-electron chi connectivity index (χ2n) is 5.98. The lowest BCUT2D eigenvalue weighted by Gasteiger charge is -2.22. The molecule has 0 saturated heterocycles. The van der Waals surface area contributed by atoms with E-state index in [9.17, 15) is 4.79 Å². The molecule has 1 atom stereocenters. The van der Waals surface area contributed by atoms with Crippen LogP contribution in [-0.2, 0) is 11.2 Å². The third kappa shape index (κ3) is 5.26. The topological polar surface area (TPSA) is 63.9 Å². The summed E-state index contributed by atoms with van der Waals surface area (Å²) in [7, 11) is 7.16. The minimum Gasteiger partial charge on any atom is -0.497 e. The van der Waals surface area contributed by atoms with Gasteiger partial charge in [0, 0.05) is 13.0 Å². The van der Waals surface area contributed by atoms with Crippen molar-refractivity contribution in [2.24, 2.45) is 0 Å². The first-order chi connectivity index (χ1) is 12.0. The molecule has 0 aliphatic carbocycles. The maximum absolute atomic E-state index is 12.2. The van der Waals surface area contributed by atoms with Gasteiger partial charge in [0.2, 0.25) is 5.91 Å². The van der Waals surface area contributed by atoms with Gasteiger partial charge in [-0.15, -0.1) is 0 Å². The number of methoxy groups -OCH3 is 2. The molecule has 0 aliphatic heterocycles. The number of carbonyl (C=O) groups excluding carboxylic acids is 1. The van der Waals surface area contributed by atoms with Crippen LogP contribution in [0.4, 0.5) is 0 Å². The summed E-state index contributed by atoms with van der Waals surface area (Å²) in [5, 5.41) is 2.98. The largest absolute Gasteiger partial charge is 0.497 e. The van der Waals surface area contributed by atoms with Crippen molar-refractivity contribution < 1.29 is 18.7 Å². The number of carbonyl (C=O) groups is 1. The van der Waals surface area contributed by atoms with Gasteiger partial charge in [-0.05, 0) is 56.4 Å². The molecule has 0 saturated carbocycles. The SMILES string of the molecule is COc1ccc(OC)c(CCC(=O)NCC(c2ccco2)N(C)C)c1. The summed E-state index contributed by atoms with van der Waals surface area (Å²) in [6.45, 7) is 0.495. The number of hydrogen-bond donors (Lipinski definition) is 1. The van der Waals surface area contributed by atoms with E-state index in [1.54, 1.807) is 20.5 Å². The molecule has 0 fully saturated rings. The normalized spacial score (nSPS) is 12.0. The van der Waals surface area contributed by atoms with E-state index < -0.39 is 0 Å². The van der Waals surface area contributed by atoms with Gasteiger partial charge in [-0.25, -0.2) is 0 Å². The van der Waals surface area contributed by atoms with Crippen LogP contribution in [0.3, 0.4) is 0 Å². The second kappa shape index (κ2) is 9.13. The van der Waals surface area contributed by atoms with E-state index >= 15 is 0 Å². The number of aryl methyl sites for hydroxylation is 1.